The molecule has 2 aromatic rings. The summed E-state index contributed by atoms with van der Waals surface area (Å²) in [6.07, 6.45) is 8.72. The number of amides is 2. The summed E-state index contributed by atoms with van der Waals surface area (Å²) >= 11 is 0. The van der Waals surface area contributed by atoms with Gasteiger partial charge in [0.15, 0.2) is 0 Å². The Bertz CT molecular complexity index is 606. The topological polar surface area (TPSA) is 85.9 Å². The fourth-order valence-electron chi connectivity index (χ4n) is 2.54. The Balaban J connectivity index is 1.54. The number of carbonyl (C=O) groups excluding carboxylic acids is 1. The van der Waals surface area contributed by atoms with Gasteiger partial charge in [0.05, 0.1) is 11.9 Å². The average Bonchev–Trinajstić information content (AvgIpc) is 3.07. The van der Waals surface area contributed by atoms with Crippen molar-refractivity contribution in [1.82, 2.24) is 20.5 Å². The molecule has 3 heterocycles. The van der Waals surface area contributed by atoms with Crippen molar-refractivity contribution in [3.05, 3.63) is 36.3 Å². The van der Waals surface area contributed by atoms with Crippen LogP contribution in [0, 0.1) is 0 Å². The number of aromatic nitrogens is 3. The summed E-state index contributed by atoms with van der Waals surface area (Å²) in [5.74, 6) is 0.995. The molecule has 2 aromatic heterocycles. The molecule has 0 radical (unpaired) electrons. The first-order valence-electron chi connectivity index (χ1n) is 7.55. The SMILES string of the molecule is O=C(NCc1ccnc(N2CCCCC2)c1)Nc1cn[nH]c1. The van der Waals surface area contributed by atoms with Gasteiger partial charge in [0.1, 0.15) is 5.82 Å². The van der Waals surface area contributed by atoms with Crippen LogP contribution in [0.3, 0.4) is 0 Å². The quantitative estimate of drug-likeness (QED) is 0.807. The Morgan fingerprint density at radius 3 is 2.95 bits per heavy atom. The van der Waals surface area contributed by atoms with Crippen LogP contribution in [-0.4, -0.2) is 34.3 Å². The molecule has 1 saturated heterocycles. The molecule has 0 unspecified atom stereocenters. The van der Waals surface area contributed by atoms with Gasteiger partial charge < -0.3 is 15.5 Å². The smallest absolute Gasteiger partial charge is 0.319 e. The van der Waals surface area contributed by atoms with Crippen molar-refractivity contribution in [2.75, 3.05) is 23.3 Å². The van der Waals surface area contributed by atoms with E-state index in [0.717, 1.165) is 24.5 Å². The van der Waals surface area contributed by atoms with Crippen molar-refractivity contribution >= 4 is 17.5 Å². The van der Waals surface area contributed by atoms with Gasteiger partial charge in [-0.2, -0.15) is 5.10 Å². The first kappa shape index (κ1) is 14.4. The molecule has 2 amide bonds. The standard InChI is InChI=1S/C15H20N6O/c22-15(20-13-10-18-19-11-13)17-9-12-4-5-16-14(8-12)21-6-2-1-3-7-21/h4-5,8,10-11H,1-3,6-7,9H2,(H,18,19)(H2,17,20,22). The third kappa shape index (κ3) is 3.75. The number of hydrogen-bond acceptors (Lipinski definition) is 4. The molecular formula is C15H20N6O. The van der Waals surface area contributed by atoms with Gasteiger partial charge in [0, 0.05) is 32.0 Å². The maximum Gasteiger partial charge on any atom is 0.319 e. The first-order chi connectivity index (χ1) is 10.8. The highest BCUT2D eigenvalue weighted by molar-refractivity contribution is 5.88. The molecule has 3 rings (SSSR count). The number of urea groups is 1. The van der Waals surface area contributed by atoms with E-state index in [-0.39, 0.29) is 6.03 Å². The molecule has 3 N–H and O–H groups in total. The molecule has 1 aliphatic rings. The van der Waals surface area contributed by atoms with Crippen molar-refractivity contribution in [1.29, 1.82) is 0 Å². The summed E-state index contributed by atoms with van der Waals surface area (Å²) in [4.78, 5) is 18.5. The molecular weight excluding hydrogens is 280 g/mol. The Kier molecular flexibility index (Phi) is 4.53. The van der Waals surface area contributed by atoms with Crippen molar-refractivity contribution in [2.24, 2.45) is 0 Å². The van der Waals surface area contributed by atoms with Gasteiger partial charge in [-0.05, 0) is 37.0 Å². The predicted octanol–water partition coefficient (Wildman–Crippen LogP) is 2.12. The predicted molar refractivity (Wildman–Crippen MR) is 84.7 cm³/mol. The molecule has 0 aliphatic carbocycles. The lowest BCUT2D eigenvalue weighted by Crippen LogP contribution is -2.30. The highest BCUT2D eigenvalue weighted by Gasteiger charge is 2.12. The van der Waals surface area contributed by atoms with E-state index in [4.69, 9.17) is 0 Å². The largest absolute Gasteiger partial charge is 0.357 e. The summed E-state index contributed by atoms with van der Waals surface area (Å²) in [5.41, 5.74) is 1.68. The van der Waals surface area contributed by atoms with E-state index in [1.807, 2.05) is 12.1 Å². The molecule has 7 nitrogen and oxygen atoms in total. The fraction of sp³-hybridized carbons (Fsp3) is 0.400. The lowest BCUT2D eigenvalue weighted by molar-refractivity contribution is 0.251. The van der Waals surface area contributed by atoms with E-state index in [1.165, 1.54) is 19.3 Å². The van der Waals surface area contributed by atoms with Crippen molar-refractivity contribution in [2.45, 2.75) is 25.8 Å². The highest BCUT2D eigenvalue weighted by Crippen LogP contribution is 2.18. The summed E-state index contributed by atoms with van der Waals surface area (Å²) in [6.45, 7) is 2.59. The summed E-state index contributed by atoms with van der Waals surface area (Å²) in [6, 6.07) is 3.72. The van der Waals surface area contributed by atoms with E-state index in [2.05, 4.69) is 30.7 Å². The zero-order chi connectivity index (χ0) is 15.2. The molecule has 1 fully saturated rings. The lowest BCUT2D eigenvalue weighted by atomic mass is 10.1. The van der Waals surface area contributed by atoms with Crippen molar-refractivity contribution < 1.29 is 4.79 Å². The van der Waals surface area contributed by atoms with Crippen LogP contribution in [0.1, 0.15) is 24.8 Å². The second kappa shape index (κ2) is 6.93. The zero-order valence-corrected chi connectivity index (χ0v) is 12.4. The van der Waals surface area contributed by atoms with Gasteiger partial charge in [0.2, 0.25) is 0 Å². The number of carbonyl (C=O) groups is 1. The van der Waals surface area contributed by atoms with Crippen molar-refractivity contribution in [3.63, 3.8) is 0 Å². The van der Waals surface area contributed by atoms with Crippen LogP contribution >= 0.6 is 0 Å². The minimum atomic E-state index is -0.252. The molecule has 22 heavy (non-hydrogen) atoms. The number of piperidine rings is 1. The summed E-state index contributed by atoms with van der Waals surface area (Å²) in [5, 5.41) is 12.0. The minimum Gasteiger partial charge on any atom is -0.357 e. The number of nitrogens with one attached hydrogen (secondary N) is 3. The Morgan fingerprint density at radius 2 is 2.18 bits per heavy atom. The third-order valence-electron chi connectivity index (χ3n) is 3.70. The van der Waals surface area contributed by atoms with Gasteiger partial charge in [-0.25, -0.2) is 9.78 Å². The number of hydrogen-bond donors (Lipinski definition) is 3. The molecule has 116 valence electrons. The number of H-pyrrole nitrogens is 1. The molecule has 0 atom stereocenters. The number of rotatable bonds is 4. The number of anilines is 2. The average molecular weight is 300 g/mol. The van der Waals surface area contributed by atoms with Crippen molar-refractivity contribution in [3.8, 4) is 0 Å². The summed E-state index contributed by atoms with van der Waals surface area (Å²) < 4.78 is 0. The minimum absolute atomic E-state index is 0.252. The zero-order valence-electron chi connectivity index (χ0n) is 12.4. The van der Waals surface area contributed by atoms with Gasteiger partial charge in [-0.3, -0.25) is 5.10 Å². The maximum atomic E-state index is 11.8. The van der Waals surface area contributed by atoms with E-state index in [1.54, 1.807) is 18.6 Å². The van der Waals surface area contributed by atoms with Crippen LogP contribution in [0.5, 0.6) is 0 Å². The fourth-order valence-corrected chi connectivity index (χ4v) is 2.54. The van der Waals surface area contributed by atoms with E-state index in [9.17, 15) is 4.79 Å². The molecule has 0 aromatic carbocycles. The first-order valence-corrected chi connectivity index (χ1v) is 7.55. The van der Waals surface area contributed by atoms with Crippen LogP contribution in [0.25, 0.3) is 0 Å². The van der Waals surface area contributed by atoms with Gasteiger partial charge in [0.25, 0.3) is 0 Å². The van der Waals surface area contributed by atoms with Gasteiger partial charge in [-0.15, -0.1) is 0 Å². The Morgan fingerprint density at radius 1 is 1.32 bits per heavy atom. The molecule has 0 bridgehead atoms. The highest BCUT2D eigenvalue weighted by atomic mass is 16.2. The number of aromatic amines is 1. The molecule has 0 spiro atoms. The van der Waals surface area contributed by atoms with Crippen LogP contribution in [-0.2, 0) is 6.54 Å². The second-order valence-corrected chi connectivity index (χ2v) is 5.36. The molecule has 0 saturated carbocycles. The van der Waals surface area contributed by atoms with E-state index >= 15 is 0 Å². The van der Waals surface area contributed by atoms with Crippen LogP contribution in [0.15, 0.2) is 30.7 Å². The second-order valence-electron chi connectivity index (χ2n) is 5.36. The lowest BCUT2D eigenvalue weighted by Gasteiger charge is -2.27. The van der Waals surface area contributed by atoms with E-state index < -0.39 is 0 Å². The van der Waals surface area contributed by atoms with Gasteiger partial charge >= 0.3 is 6.03 Å². The van der Waals surface area contributed by atoms with Crippen LogP contribution in [0.2, 0.25) is 0 Å². The summed E-state index contributed by atoms with van der Waals surface area (Å²) in [7, 11) is 0. The van der Waals surface area contributed by atoms with Crippen LogP contribution < -0.4 is 15.5 Å². The Labute approximate surface area is 129 Å². The van der Waals surface area contributed by atoms with Crippen LogP contribution in [0.4, 0.5) is 16.3 Å². The third-order valence-corrected chi connectivity index (χ3v) is 3.70. The maximum absolute atomic E-state index is 11.8. The number of pyridine rings is 1. The normalized spacial score (nSPS) is 14.6. The number of nitrogens with zero attached hydrogens (tertiary/aromatic N) is 3. The molecule has 1 aliphatic heterocycles. The Hall–Kier alpha value is -2.57. The molecule has 7 heteroatoms. The van der Waals surface area contributed by atoms with Gasteiger partial charge in [-0.1, -0.05) is 0 Å². The monoisotopic (exact) mass is 300 g/mol. The van der Waals surface area contributed by atoms with E-state index in [0.29, 0.717) is 12.2 Å².